The number of aliphatic hydroxyl groups is 9. The van der Waals surface area contributed by atoms with Gasteiger partial charge in [-0.25, -0.2) is 4.18 Å². The third-order valence-electron chi connectivity index (χ3n) is 11.0. The lowest BCUT2D eigenvalue weighted by molar-refractivity contribution is -0.391. The molecule has 0 aromatic rings. The van der Waals surface area contributed by atoms with Gasteiger partial charge in [0, 0.05) is 20.0 Å². The van der Waals surface area contributed by atoms with Crippen LogP contribution in [0.5, 0.6) is 0 Å². The third-order valence-corrected chi connectivity index (χ3v) is 11.5. The standard InChI is InChI=1S/C36H63NO24S/c1-15-22(42)25(45)27(47)34(54-15)59-30-21(37-17(3)40)33(53-12-10-8-6-5-7-9-11-20(41)52-4)57-19(14-39)29(30)58-36-32(60-35-28(48)26(46)23(43)16(2)55-35)31(61-62(49,50)51)24(44)18(13-38)56-36/h15-16,18-19,21-36,38-39,42-48H,5-14H2,1-4H3,(H,37,40)(H,49,50,51)/t15-,16-,18+,19+,21+,22+,23+,24-,25+,26+,27-,28-,29+,30+,31-,32+,33+,34-,35-,36-/m0/s1. The lowest BCUT2D eigenvalue weighted by Gasteiger charge is -2.51. The van der Waals surface area contributed by atoms with Crippen LogP contribution >= 0.6 is 0 Å². The van der Waals surface area contributed by atoms with E-state index in [0.29, 0.717) is 25.7 Å². The Morgan fingerprint density at radius 2 is 1.10 bits per heavy atom. The van der Waals surface area contributed by atoms with Crippen molar-refractivity contribution in [3.63, 3.8) is 0 Å². The van der Waals surface area contributed by atoms with Gasteiger partial charge in [0.2, 0.25) is 5.91 Å². The van der Waals surface area contributed by atoms with Gasteiger partial charge in [-0.2, -0.15) is 8.42 Å². The Balaban J connectivity index is 1.69. The Labute approximate surface area is 357 Å². The molecule has 0 aliphatic carbocycles. The fourth-order valence-electron chi connectivity index (χ4n) is 7.55. The van der Waals surface area contributed by atoms with E-state index >= 15 is 0 Å². The van der Waals surface area contributed by atoms with E-state index in [1.54, 1.807) is 0 Å². The molecule has 25 nitrogen and oxygen atoms in total. The molecule has 0 saturated carbocycles. The SMILES string of the molecule is COC(=O)CCCCCCCCO[C@@H]1O[C@H](CO)[C@@H](O[C@@H]2O[C@H](CO)[C@H](O)[C@H](OS(=O)(=O)O)[C@H]2O[C@@H]2O[C@@H](C)[C@@H](O)[C@@H](O)[C@@H]2O)[C@H](O[C@@H]2O[C@@H](C)[C@@H](O)[C@@H](O)[C@@H]2O)[C@H]1NC(C)=O. The first-order valence-corrected chi connectivity index (χ1v) is 21.8. The maximum Gasteiger partial charge on any atom is 0.397 e. The van der Waals surface area contributed by atoms with E-state index in [2.05, 4.69) is 10.1 Å². The van der Waals surface area contributed by atoms with Crippen molar-refractivity contribution in [1.82, 2.24) is 5.32 Å². The second-order valence-electron chi connectivity index (χ2n) is 15.6. The van der Waals surface area contributed by atoms with Crippen LogP contribution in [-0.4, -0.2) is 220 Å². The highest BCUT2D eigenvalue weighted by Gasteiger charge is 2.57. The van der Waals surface area contributed by atoms with Crippen molar-refractivity contribution >= 4 is 22.3 Å². The number of carbonyl (C=O) groups excluding carboxylic acids is 2. The van der Waals surface area contributed by atoms with Crippen LogP contribution < -0.4 is 5.32 Å². The van der Waals surface area contributed by atoms with Crippen molar-refractivity contribution in [2.75, 3.05) is 26.9 Å². The highest BCUT2D eigenvalue weighted by atomic mass is 32.3. The molecule has 11 N–H and O–H groups in total. The maximum atomic E-state index is 12.8. The molecule has 4 rings (SSSR count). The van der Waals surface area contributed by atoms with Crippen molar-refractivity contribution in [2.45, 2.75) is 188 Å². The summed E-state index contributed by atoms with van der Waals surface area (Å²) in [6.07, 6.45) is -29.2. The summed E-state index contributed by atoms with van der Waals surface area (Å²) in [7, 11) is -4.15. The molecular formula is C36H63NO24S. The van der Waals surface area contributed by atoms with Gasteiger partial charge >= 0.3 is 16.4 Å². The minimum Gasteiger partial charge on any atom is -0.469 e. The predicted octanol–water partition coefficient (Wildman–Crippen LogP) is -4.79. The molecule has 0 spiro atoms. The lowest BCUT2D eigenvalue weighted by atomic mass is 9.94. The highest BCUT2D eigenvalue weighted by Crippen LogP contribution is 2.37. The van der Waals surface area contributed by atoms with Crippen LogP contribution in [0.4, 0.5) is 0 Å². The minimum absolute atomic E-state index is 0.0405. The molecule has 0 aromatic carbocycles. The summed E-state index contributed by atoms with van der Waals surface area (Å²) in [5.74, 6) is -0.973. The van der Waals surface area contributed by atoms with Crippen molar-refractivity contribution in [2.24, 2.45) is 0 Å². The molecule has 4 aliphatic rings. The van der Waals surface area contributed by atoms with Gasteiger partial charge in [-0.15, -0.1) is 0 Å². The summed E-state index contributed by atoms with van der Waals surface area (Å²) < 4.78 is 90.9. The third kappa shape index (κ3) is 13.8. The molecule has 4 heterocycles. The Morgan fingerprint density at radius 3 is 1.61 bits per heavy atom. The molecule has 362 valence electrons. The molecular weight excluding hydrogens is 862 g/mol. The van der Waals surface area contributed by atoms with Gasteiger partial charge in [0.25, 0.3) is 0 Å². The smallest absolute Gasteiger partial charge is 0.397 e. The van der Waals surface area contributed by atoms with Crippen molar-refractivity contribution in [1.29, 1.82) is 0 Å². The second-order valence-corrected chi connectivity index (χ2v) is 16.7. The van der Waals surface area contributed by atoms with Crippen molar-refractivity contribution < 1.29 is 115 Å². The predicted molar refractivity (Wildman–Crippen MR) is 201 cm³/mol. The van der Waals surface area contributed by atoms with E-state index in [1.165, 1.54) is 21.0 Å². The average Bonchev–Trinajstić information content (AvgIpc) is 3.22. The number of unbranched alkanes of at least 4 members (excludes halogenated alkanes) is 5. The van der Waals surface area contributed by atoms with Crippen LogP contribution in [0.1, 0.15) is 65.7 Å². The van der Waals surface area contributed by atoms with Crippen LogP contribution in [0.2, 0.25) is 0 Å². The van der Waals surface area contributed by atoms with Gasteiger partial charge < -0.3 is 93.9 Å². The van der Waals surface area contributed by atoms with E-state index in [1.807, 2.05) is 0 Å². The number of carbonyl (C=O) groups is 2. The quantitative estimate of drug-likeness (QED) is 0.0292. The number of nitrogens with one attached hydrogen (secondary N) is 1. The summed E-state index contributed by atoms with van der Waals surface area (Å²) in [6.45, 7) is 1.90. The summed E-state index contributed by atoms with van der Waals surface area (Å²) >= 11 is 0. The van der Waals surface area contributed by atoms with Crippen LogP contribution in [0.3, 0.4) is 0 Å². The summed E-state index contributed by atoms with van der Waals surface area (Å²) in [5.41, 5.74) is 0. The molecule has 4 fully saturated rings. The number of amides is 1. The molecule has 62 heavy (non-hydrogen) atoms. The topological polar surface area (TPSA) is 375 Å². The van der Waals surface area contributed by atoms with E-state index in [4.69, 9.17) is 42.1 Å². The Morgan fingerprint density at radius 1 is 0.597 bits per heavy atom. The Kier molecular flexibility index (Phi) is 20.5. The summed E-state index contributed by atoms with van der Waals surface area (Å²) in [5, 5.41) is 98.2. The number of ether oxygens (including phenoxy) is 9. The van der Waals surface area contributed by atoms with Crippen molar-refractivity contribution in [3.05, 3.63) is 0 Å². The summed E-state index contributed by atoms with van der Waals surface area (Å²) in [4.78, 5) is 24.1. The number of aliphatic hydroxyl groups excluding tert-OH is 9. The molecule has 4 saturated heterocycles. The highest BCUT2D eigenvalue weighted by molar-refractivity contribution is 7.80. The largest absolute Gasteiger partial charge is 0.469 e. The monoisotopic (exact) mass is 925 g/mol. The van der Waals surface area contributed by atoms with E-state index in [-0.39, 0.29) is 12.6 Å². The lowest BCUT2D eigenvalue weighted by Crippen LogP contribution is -2.70. The van der Waals surface area contributed by atoms with Gasteiger partial charge in [-0.1, -0.05) is 25.7 Å². The molecule has 0 aromatic heterocycles. The molecule has 20 atom stereocenters. The zero-order chi connectivity index (χ0) is 46.1. The molecule has 0 radical (unpaired) electrons. The molecule has 1 amide bonds. The van der Waals surface area contributed by atoms with Crippen molar-refractivity contribution in [3.8, 4) is 0 Å². The first kappa shape index (κ1) is 52.8. The minimum atomic E-state index is -5.47. The number of rotatable bonds is 21. The van der Waals surface area contributed by atoms with Crippen LogP contribution in [0, 0.1) is 0 Å². The van der Waals surface area contributed by atoms with Gasteiger partial charge in [-0.3, -0.25) is 14.1 Å². The van der Waals surface area contributed by atoms with Crippen LogP contribution in [0.25, 0.3) is 0 Å². The number of methoxy groups -OCH3 is 1. The van der Waals surface area contributed by atoms with E-state index in [9.17, 15) is 68.5 Å². The second kappa shape index (κ2) is 24.1. The summed E-state index contributed by atoms with van der Waals surface area (Å²) in [6, 6.07) is -1.43. The number of hydrogen-bond acceptors (Lipinski definition) is 23. The fraction of sp³-hybridized carbons (Fsp3) is 0.944. The number of esters is 1. The molecule has 26 heteroatoms. The Hall–Kier alpha value is -1.87. The zero-order valence-corrected chi connectivity index (χ0v) is 35.5. The molecule has 4 aliphatic heterocycles. The normalized spacial score (nSPS) is 41.7. The van der Waals surface area contributed by atoms with E-state index < -0.39 is 152 Å². The van der Waals surface area contributed by atoms with Gasteiger partial charge in [0.05, 0.1) is 32.5 Å². The van der Waals surface area contributed by atoms with Gasteiger partial charge in [0.1, 0.15) is 85.4 Å². The maximum absolute atomic E-state index is 12.8. The zero-order valence-electron chi connectivity index (χ0n) is 34.7. The van der Waals surface area contributed by atoms with Crippen LogP contribution in [-0.2, 0) is 66.8 Å². The van der Waals surface area contributed by atoms with Gasteiger partial charge in [-0.05, 0) is 26.7 Å². The number of hydrogen-bond donors (Lipinski definition) is 11. The van der Waals surface area contributed by atoms with E-state index in [0.717, 1.165) is 26.2 Å². The molecule has 0 bridgehead atoms. The Bertz CT molecular complexity index is 1500. The average molecular weight is 926 g/mol. The molecule has 0 unspecified atom stereocenters. The van der Waals surface area contributed by atoms with Crippen LogP contribution in [0.15, 0.2) is 0 Å². The fourth-order valence-corrected chi connectivity index (χ4v) is 8.05. The van der Waals surface area contributed by atoms with Gasteiger partial charge in [0.15, 0.2) is 25.2 Å². The first-order valence-electron chi connectivity index (χ1n) is 20.4. The first-order chi connectivity index (χ1) is 29.2.